The minimum Gasteiger partial charge on any atom is -0.496 e. The third kappa shape index (κ3) is 12.6. The van der Waals surface area contributed by atoms with Crippen LogP contribution in [0.4, 0.5) is 0 Å². The molecule has 0 aliphatic rings. The van der Waals surface area contributed by atoms with E-state index >= 15 is 0 Å². The molecule has 0 spiro atoms. The van der Waals surface area contributed by atoms with Crippen LogP contribution in [0.5, 0.6) is 17.2 Å². The predicted octanol–water partition coefficient (Wildman–Crippen LogP) is 12.8. The van der Waals surface area contributed by atoms with Crippen LogP contribution in [-0.2, 0) is 36.3 Å². The Kier molecular flexibility index (Phi) is 17.7. The van der Waals surface area contributed by atoms with Crippen molar-refractivity contribution < 1.29 is 33.6 Å². The van der Waals surface area contributed by atoms with Crippen molar-refractivity contribution in [2.75, 3.05) is 27.9 Å². The van der Waals surface area contributed by atoms with Gasteiger partial charge in [-0.2, -0.15) is 0 Å². The molecular weight excluding hydrogens is 1000 g/mol. The van der Waals surface area contributed by atoms with Gasteiger partial charge in [0.05, 0.1) is 80.3 Å². The third-order valence-corrected chi connectivity index (χ3v) is 13.2. The zero-order valence-electron chi connectivity index (χ0n) is 46.2. The molecule has 4 heterocycles. The molecule has 1 N–H and O–H groups in total. The Bertz CT molecular complexity index is 3840. The van der Waals surface area contributed by atoms with Gasteiger partial charge in [-0.3, -0.25) is 13.7 Å². The summed E-state index contributed by atoms with van der Waals surface area (Å²) in [5, 5.41) is 9.43. The van der Waals surface area contributed by atoms with Crippen LogP contribution in [0.15, 0.2) is 188 Å². The van der Waals surface area contributed by atoms with Crippen molar-refractivity contribution in [3.63, 3.8) is 0 Å². The molecule has 0 aliphatic carbocycles. The molecule has 0 amide bonds. The second kappa shape index (κ2) is 25.7. The molecule has 0 saturated heterocycles. The normalized spacial score (nSPS) is 10.9. The number of imidazole rings is 4. The van der Waals surface area contributed by atoms with E-state index in [9.17, 15) is 9.90 Å². The summed E-state index contributed by atoms with van der Waals surface area (Å²) in [6.45, 7) is 8.94. The first-order chi connectivity index (χ1) is 39.0. The number of esters is 1. The van der Waals surface area contributed by atoms with E-state index in [1.165, 1.54) is 11.1 Å². The second-order valence-corrected chi connectivity index (χ2v) is 18.7. The zero-order chi connectivity index (χ0) is 56.1. The fourth-order valence-electron chi connectivity index (χ4n) is 9.02. The third-order valence-electron chi connectivity index (χ3n) is 13.2. The Morgan fingerprint density at radius 1 is 0.487 bits per heavy atom. The van der Waals surface area contributed by atoms with Crippen molar-refractivity contribution in [2.45, 2.75) is 47.5 Å². The Balaban J connectivity index is 0.000000149. The van der Waals surface area contributed by atoms with Gasteiger partial charge in [0.1, 0.15) is 47.2 Å². The van der Waals surface area contributed by atoms with Crippen LogP contribution in [0.1, 0.15) is 51.3 Å². The molecule has 0 aliphatic heterocycles. The van der Waals surface area contributed by atoms with E-state index in [0.29, 0.717) is 37.1 Å². The zero-order valence-corrected chi connectivity index (χ0v) is 46.2. The number of nitrogens with zero attached hydrogens (tertiary/aromatic N) is 8. The number of ether oxygens (including phenoxy) is 5. The highest BCUT2D eigenvalue weighted by Crippen LogP contribution is 2.34. The minimum absolute atomic E-state index is 0.0962. The molecule has 0 fully saturated rings. The summed E-state index contributed by atoms with van der Waals surface area (Å²) in [6, 6.07) is 56.0. The van der Waals surface area contributed by atoms with Crippen molar-refractivity contribution in [1.82, 2.24) is 38.2 Å². The number of aromatic nitrogens is 8. The molecule has 15 heteroatoms. The lowest BCUT2D eigenvalue weighted by atomic mass is 10.1. The number of fused-ring (bicyclic) bond motifs is 1. The van der Waals surface area contributed by atoms with E-state index in [1.807, 2.05) is 163 Å². The molecule has 0 radical (unpaired) electrons. The monoisotopic (exact) mass is 1070 g/mol. The number of hydrogen-bond acceptors (Lipinski definition) is 11. The van der Waals surface area contributed by atoms with Gasteiger partial charge in [-0.1, -0.05) is 102 Å². The summed E-state index contributed by atoms with van der Waals surface area (Å²) in [6.07, 6.45) is 5.58. The smallest absolute Gasteiger partial charge is 0.358 e. The standard InChI is InChI=1S/C27H26N4O2.C20H20N2O3.C18H18N2O2/c1-19-12-14-21(15-13-19)31-16-20(28-27(31)22-8-4-7-11-25(22)32-3)17-33-18-26-29-23-9-5-6-10-24(23)30(26)2;1-4-25-20(23)17-13-22(15-11-9-14(2)10-12-15)19(21-17)16-7-5-6-8-18(16)24-3;1-13-7-9-15(10-8-13)20-11-14(12-21)19-18(20)16-5-3-4-6-17(16)22-2/h4-16H,17-18H2,1-3H3;5-13H,4H2,1-3H3;3-11,21H,12H2,1-2H3. The molecule has 11 aromatic rings. The lowest BCUT2D eigenvalue weighted by Gasteiger charge is -2.11. The maximum Gasteiger partial charge on any atom is 0.358 e. The van der Waals surface area contributed by atoms with Crippen LogP contribution >= 0.6 is 0 Å². The Morgan fingerprint density at radius 3 is 1.35 bits per heavy atom. The number of rotatable bonds is 16. The van der Waals surface area contributed by atoms with Crippen LogP contribution < -0.4 is 14.2 Å². The van der Waals surface area contributed by atoms with Gasteiger partial charge >= 0.3 is 5.97 Å². The number of carbonyl (C=O) groups is 1. The number of aliphatic hydroxyl groups excluding tert-OH is 1. The van der Waals surface area contributed by atoms with Crippen LogP contribution in [0.2, 0.25) is 0 Å². The first-order valence-corrected chi connectivity index (χ1v) is 26.1. The van der Waals surface area contributed by atoms with Crippen LogP contribution in [0, 0.1) is 20.8 Å². The summed E-state index contributed by atoms with van der Waals surface area (Å²) in [4.78, 5) is 30.8. The fraction of sp³-hybridized carbons (Fsp3) is 0.185. The number of methoxy groups -OCH3 is 3. The quantitative estimate of drug-likeness (QED) is 0.0919. The van der Waals surface area contributed by atoms with Gasteiger partial charge in [0.15, 0.2) is 5.69 Å². The van der Waals surface area contributed by atoms with Crippen molar-refractivity contribution in [3.05, 3.63) is 228 Å². The maximum atomic E-state index is 12.2. The molecule has 0 bridgehead atoms. The number of para-hydroxylation sites is 5. The summed E-state index contributed by atoms with van der Waals surface area (Å²) in [5.74, 6) is 4.88. The van der Waals surface area contributed by atoms with Gasteiger partial charge in [0, 0.05) is 42.7 Å². The molecule has 406 valence electrons. The van der Waals surface area contributed by atoms with Crippen LogP contribution in [0.3, 0.4) is 0 Å². The average Bonchev–Trinajstić information content (AvgIpc) is 4.32. The summed E-state index contributed by atoms with van der Waals surface area (Å²) in [7, 11) is 6.95. The van der Waals surface area contributed by atoms with Crippen molar-refractivity contribution in [2.24, 2.45) is 7.05 Å². The lowest BCUT2D eigenvalue weighted by Crippen LogP contribution is -2.04. The topological polar surface area (TPSA) is 155 Å². The van der Waals surface area contributed by atoms with Crippen molar-refractivity contribution in [3.8, 4) is 68.5 Å². The predicted molar refractivity (Wildman–Crippen MR) is 312 cm³/mol. The fourth-order valence-corrected chi connectivity index (χ4v) is 9.02. The minimum atomic E-state index is -0.440. The summed E-state index contributed by atoms with van der Waals surface area (Å²) in [5.41, 5.74) is 13.0. The molecule has 0 unspecified atom stereocenters. The van der Waals surface area contributed by atoms with Gasteiger partial charge < -0.3 is 33.4 Å². The molecular formula is C65H64N8O7. The largest absolute Gasteiger partial charge is 0.496 e. The van der Waals surface area contributed by atoms with E-state index in [2.05, 4.69) is 80.4 Å². The molecule has 0 atom stereocenters. The van der Waals surface area contributed by atoms with E-state index in [-0.39, 0.29) is 12.3 Å². The Labute approximate surface area is 465 Å². The molecule has 0 saturated carbocycles. The van der Waals surface area contributed by atoms with E-state index < -0.39 is 5.97 Å². The van der Waals surface area contributed by atoms with Crippen LogP contribution in [-0.4, -0.2) is 77.2 Å². The van der Waals surface area contributed by atoms with Gasteiger partial charge in [0.25, 0.3) is 0 Å². The molecule has 7 aromatic carbocycles. The number of benzene rings is 7. The Hall–Kier alpha value is -9.57. The van der Waals surface area contributed by atoms with Crippen molar-refractivity contribution >= 4 is 17.0 Å². The van der Waals surface area contributed by atoms with Gasteiger partial charge in [-0.05, 0) is 113 Å². The first-order valence-electron chi connectivity index (χ1n) is 26.1. The van der Waals surface area contributed by atoms with Crippen LogP contribution in [0.25, 0.3) is 62.3 Å². The second-order valence-electron chi connectivity index (χ2n) is 18.7. The highest BCUT2D eigenvalue weighted by Gasteiger charge is 2.21. The highest BCUT2D eigenvalue weighted by atomic mass is 16.5. The van der Waals surface area contributed by atoms with E-state index in [1.54, 1.807) is 34.4 Å². The van der Waals surface area contributed by atoms with E-state index in [4.69, 9.17) is 28.7 Å². The highest BCUT2D eigenvalue weighted by molar-refractivity contribution is 5.88. The Morgan fingerprint density at radius 2 is 0.900 bits per heavy atom. The summed E-state index contributed by atoms with van der Waals surface area (Å²) < 4.78 is 35.6. The maximum absolute atomic E-state index is 12.2. The number of aryl methyl sites for hydroxylation is 4. The number of hydrogen-bond donors (Lipinski definition) is 1. The molecule has 11 rings (SSSR count). The summed E-state index contributed by atoms with van der Waals surface area (Å²) >= 11 is 0. The average molecular weight is 1070 g/mol. The SMILES string of the molecule is CCOC(=O)c1cn(-c2ccc(C)cc2)c(-c2ccccc2OC)n1.COc1ccccc1-c1nc(CO)cn1-c1ccc(C)cc1.COc1ccccc1-c1nc(COCc2nc3ccccc3n2C)cn1-c1ccc(C)cc1. The first kappa shape index (κ1) is 55.2. The molecule has 15 nitrogen and oxygen atoms in total. The number of aliphatic hydroxyl groups is 1. The van der Waals surface area contributed by atoms with Gasteiger partial charge in [-0.25, -0.2) is 24.7 Å². The van der Waals surface area contributed by atoms with E-state index in [0.717, 1.165) is 85.0 Å². The number of carbonyl (C=O) groups excluding carboxylic acids is 1. The molecule has 80 heavy (non-hydrogen) atoms. The van der Waals surface area contributed by atoms with Gasteiger partial charge in [0.2, 0.25) is 0 Å². The molecule has 4 aromatic heterocycles. The lowest BCUT2D eigenvalue weighted by molar-refractivity contribution is 0.0520. The van der Waals surface area contributed by atoms with Gasteiger partial charge in [-0.15, -0.1) is 0 Å². The van der Waals surface area contributed by atoms with Crippen molar-refractivity contribution in [1.29, 1.82) is 0 Å².